The van der Waals surface area contributed by atoms with Crippen LogP contribution in [0.15, 0.2) is 217 Å². The number of aromatic nitrogens is 5. The zero-order valence-electron chi connectivity index (χ0n) is 32.9. The van der Waals surface area contributed by atoms with E-state index in [0.29, 0.717) is 5.82 Å². The van der Waals surface area contributed by atoms with Crippen LogP contribution in [0.3, 0.4) is 0 Å². The molecule has 0 radical (unpaired) electrons. The van der Waals surface area contributed by atoms with Crippen molar-refractivity contribution in [2.75, 3.05) is 0 Å². The van der Waals surface area contributed by atoms with Crippen LogP contribution >= 0.6 is 0 Å². The number of benzene rings is 6. The van der Waals surface area contributed by atoms with Gasteiger partial charge in [-0.25, -0.2) is 15.0 Å². The Morgan fingerprint density at radius 1 is 0.361 bits per heavy atom. The lowest BCUT2D eigenvalue weighted by Gasteiger charge is -2.11. The summed E-state index contributed by atoms with van der Waals surface area (Å²) in [5, 5.41) is 1.86. The molecule has 0 spiro atoms. The first kappa shape index (κ1) is 35.8. The van der Waals surface area contributed by atoms with E-state index in [0.717, 1.165) is 100 Å². The first-order valence-corrected chi connectivity index (χ1v) is 20.2. The molecule has 6 heteroatoms. The van der Waals surface area contributed by atoms with E-state index in [2.05, 4.69) is 137 Å². The summed E-state index contributed by atoms with van der Waals surface area (Å²) < 4.78 is 6.91. The van der Waals surface area contributed by atoms with Gasteiger partial charge in [-0.05, 0) is 58.7 Å². The predicted octanol–water partition coefficient (Wildman–Crippen LogP) is 13.9. The van der Waals surface area contributed by atoms with Crippen LogP contribution in [0.1, 0.15) is 0 Å². The Balaban J connectivity index is 1.01. The van der Waals surface area contributed by atoms with Crippen LogP contribution in [0.2, 0.25) is 0 Å². The van der Waals surface area contributed by atoms with Crippen molar-refractivity contribution in [3.05, 3.63) is 213 Å². The van der Waals surface area contributed by atoms with Crippen LogP contribution in [0, 0.1) is 0 Å². The van der Waals surface area contributed by atoms with Crippen LogP contribution in [0.25, 0.3) is 112 Å². The van der Waals surface area contributed by atoms with Gasteiger partial charge >= 0.3 is 0 Å². The Labute approximate surface area is 352 Å². The maximum Gasteiger partial charge on any atom is 0.160 e. The minimum atomic E-state index is 0.682. The Kier molecular flexibility index (Phi) is 9.06. The lowest BCUT2D eigenvalue weighted by molar-refractivity contribution is 0.635. The van der Waals surface area contributed by atoms with Gasteiger partial charge in [0.25, 0.3) is 0 Å². The van der Waals surface area contributed by atoms with Crippen LogP contribution in [0.4, 0.5) is 0 Å². The van der Waals surface area contributed by atoms with Gasteiger partial charge in [-0.1, -0.05) is 152 Å². The highest BCUT2D eigenvalue weighted by Gasteiger charge is 2.25. The smallest absolute Gasteiger partial charge is 0.160 e. The SMILES string of the molecule is c1ccc(-c2ccc(-c3cc(-c4ccc(-c5ccc6c(c5)nc(-c5ccccc5)c5c(-c7cccnc7)c(-c7cccnc7)oc56)cc4)nc(-c4ccccc4)n3)cc2)cc1. The highest BCUT2D eigenvalue weighted by atomic mass is 16.3. The maximum absolute atomic E-state index is 6.91. The van der Waals surface area contributed by atoms with Gasteiger partial charge in [0, 0.05) is 69.1 Å². The highest BCUT2D eigenvalue weighted by Crippen LogP contribution is 2.46. The number of hydrogen-bond donors (Lipinski definition) is 0. The van der Waals surface area contributed by atoms with Gasteiger partial charge in [-0.3, -0.25) is 9.97 Å². The number of rotatable bonds is 8. The highest BCUT2D eigenvalue weighted by molar-refractivity contribution is 6.17. The molecule has 11 aromatic rings. The van der Waals surface area contributed by atoms with Crippen molar-refractivity contribution < 1.29 is 4.42 Å². The maximum atomic E-state index is 6.91. The summed E-state index contributed by atoms with van der Waals surface area (Å²) in [6, 6.07) is 64.5. The summed E-state index contributed by atoms with van der Waals surface area (Å²) in [5.41, 5.74) is 15.4. The van der Waals surface area contributed by atoms with Gasteiger partial charge in [0.1, 0.15) is 11.3 Å². The third-order valence-corrected chi connectivity index (χ3v) is 11.1. The Bertz CT molecular complexity index is 3300. The molecule has 0 unspecified atom stereocenters. The topological polar surface area (TPSA) is 77.6 Å². The molecule has 11 rings (SSSR count). The molecule has 0 bridgehead atoms. The molecular formula is C55H35N5O. The van der Waals surface area contributed by atoms with E-state index in [1.54, 1.807) is 12.4 Å². The zero-order chi connectivity index (χ0) is 40.5. The van der Waals surface area contributed by atoms with Gasteiger partial charge in [0.05, 0.1) is 28.0 Å². The zero-order valence-corrected chi connectivity index (χ0v) is 32.9. The minimum absolute atomic E-state index is 0.682. The molecule has 0 fully saturated rings. The van der Waals surface area contributed by atoms with E-state index in [9.17, 15) is 0 Å². The van der Waals surface area contributed by atoms with Crippen molar-refractivity contribution in [3.63, 3.8) is 0 Å². The molecule has 5 heterocycles. The lowest BCUT2D eigenvalue weighted by Crippen LogP contribution is -1.96. The first-order valence-electron chi connectivity index (χ1n) is 20.2. The fraction of sp³-hybridized carbons (Fsp3) is 0. The van der Waals surface area contributed by atoms with Crippen molar-refractivity contribution in [1.82, 2.24) is 24.9 Å². The molecule has 0 atom stereocenters. The average molecular weight is 782 g/mol. The lowest BCUT2D eigenvalue weighted by atomic mass is 9.95. The molecule has 0 aliphatic rings. The van der Waals surface area contributed by atoms with Gasteiger partial charge < -0.3 is 4.42 Å². The molecule has 0 saturated heterocycles. The molecule has 6 aromatic carbocycles. The van der Waals surface area contributed by atoms with E-state index in [4.69, 9.17) is 19.4 Å². The quantitative estimate of drug-likeness (QED) is 0.153. The van der Waals surface area contributed by atoms with Gasteiger partial charge in [-0.2, -0.15) is 0 Å². The van der Waals surface area contributed by atoms with Gasteiger partial charge in [-0.15, -0.1) is 0 Å². The molecule has 6 nitrogen and oxygen atoms in total. The molecule has 0 amide bonds. The number of pyridine rings is 3. The third-order valence-electron chi connectivity index (χ3n) is 11.1. The second kappa shape index (κ2) is 15.4. The summed E-state index contributed by atoms with van der Waals surface area (Å²) in [6.45, 7) is 0. The fourth-order valence-corrected chi connectivity index (χ4v) is 8.07. The van der Waals surface area contributed by atoms with Gasteiger partial charge in [0.15, 0.2) is 5.82 Å². The molecule has 0 aliphatic carbocycles. The first-order chi connectivity index (χ1) is 30.2. The normalized spacial score (nSPS) is 11.3. The van der Waals surface area contributed by atoms with Crippen molar-refractivity contribution in [2.24, 2.45) is 0 Å². The van der Waals surface area contributed by atoms with Crippen molar-refractivity contribution in [3.8, 4) is 89.9 Å². The summed E-state index contributed by atoms with van der Waals surface area (Å²) in [4.78, 5) is 24.5. The van der Waals surface area contributed by atoms with Crippen LogP contribution in [-0.4, -0.2) is 24.9 Å². The summed E-state index contributed by atoms with van der Waals surface area (Å²) in [7, 11) is 0. The summed E-state index contributed by atoms with van der Waals surface area (Å²) in [6.07, 6.45) is 7.28. The van der Waals surface area contributed by atoms with Gasteiger partial charge in [0.2, 0.25) is 0 Å². The van der Waals surface area contributed by atoms with Crippen LogP contribution < -0.4 is 0 Å². The van der Waals surface area contributed by atoms with Crippen molar-refractivity contribution in [1.29, 1.82) is 0 Å². The monoisotopic (exact) mass is 781 g/mol. The largest absolute Gasteiger partial charge is 0.455 e. The Hall–Kier alpha value is -8.35. The average Bonchev–Trinajstić information content (AvgIpc) is 3.76. The van der Waals surface area contributed by atoms with Crippen molar-refractivity contribution >= 4 is 21.9 Å². The number of furan rings is 1. The predicted molar refractivity (Wildman–Crippen MR) is 246 cm³/mol. The van der Waals surface area contributed by atoms with E-state index in [1.807, 2.05) is 73.1 Å². The second-order valence-corrected chi connectivity index (χ2v) is 14.9. The summed E-state index contributed by atoms with van der Waals surface area (Å²) in [5.74, 6) is 1.41. The molecule has 0 N–H and O–H groups in total. The molecule has 0 saturated carbocycles. The fourth-order valence-electron chi connectivity index (χ4n) is 8.07. The van der Waals surface area contributed by atoms with E-state index < -0.39 is 0 Å². The van der Waals surface area contributed by atoms with Crippen LogP contribution in [-0.2, 0) is 0 Å². The van der Waals surface area contributed by atoms with E-state index >= 15 is 0 Å². The summed E-state index contributed by atoms with van der Waals surface area (Å²) >= 11 is 0. The van der Waals surface area contributed by atoms with Crippen molar-refractivity contribution in [2.45, 2.75) is 0 Å². The number of nitrogens with zero attached hydrogens (tertiary/aromatic N) is 5. The molecular weight excluding hydrogens is 747 g/mol. The molecule has 0 aliphatic heterocycles. The van der Waals surface area contributed by atoms with Crippen LogP contribution in [0.5, 0.6) is 0 Å². The Morgan fingerprint density at radius 3 is 1.44 bits per heavy atom. The Morgan fingerprint density at radius 2 is 0.852 bits per heavy atom. The number of fused-ring (bicyclic) bond motifs is 3. The second-order valence-electron chi connectivity index (χ2n) is 14.9. The number of hydrogen-bond acceptors (Lipinski definition) is 6. The van der Waals surface area contributed by atoms with E-state index in [1.165, 1.54) is 5.56 Å². The minimum Gasteiger partial charge on any atom is -0.455 e. The molecule has 61 heavy (non-hydrogen) atoms. The molecule has 286 valence electrons. The van der Waals surface area contributed by atoms with E-state index in [-0.39, 0.29) is 0 Å². The molecule has 5 aromatic heterocycles. The third kappa shape index (κ3) is 6.82. The standard InChI is InChI=1S/C55H35N5O/c1-4-12-36(13-5-1)37-20-24-39(25-21-37)47-33-48(60-55(59-47)42-16-8-3-9-17-42)40-26-22-38(23-27-40)43-28-29-46-49(32-43)58-52(41-14-6-2-7-15-41)51-50(44-18-10-30-56-34-44)53(61-54(46)51)45-19-11-31-57-35-45/h1-35H.